The van der Waals surface area contributed by atoms with Crippen molar-refractivity contribution in [1.82, 2.24) is 4.90 Å². The van der Waals surface area contributed by atoms with Crippen LogP contribution < -0.4 is 19.7 Å². The van der Waals surface area contributed by atoms with Gasteiger partial charge in [-0.05, 0) is 53.1 Å². The second-order valence-electron chi connectivity index (χ2n) is 9.59. The van der Waals surface area contributed by atoms with Crippen LogP contribution in [0.25, 0.3) is 11.1 Å². The predicted molar refractivity (Wildman–Crippen MR) is 157 cm³/mol. The number of methoxy groups -OCH3 is 3. The van der Waals surface area contributed by atoms with E-state index in [1.165, 1.54) is 26.2 Å². The number of morpholine rings is 1. The Bertz CT molecular complexity index is 1420. The molecule has 0 aliphatic carbocycles. The van der Waals surface area contributed by atoms with Gasteiger partial charge in [-0.2, -0.15) is 0 Å². The maximum Gasteiger partial charge on any atom is 0.411 e. The molecule has 0 bridgehead atoms. The fourth-order valence-electron chi connectivity index (χ4n) is 4.76. The van der Waals surface area contributed by atoms with E-state index in [2.05, 4.69) is 10.2 Å². The molecule has 3 aromatic rings. The molecule has 0 radical (unpaired) electrons. The zero-order valence-corrected chi connectivity index (χ0v) is 23.9. The average molecular weight is 578 g/mol. The average Bonchev–Trinajstić information content (AvgIpc) is 3.02. The lowest BCUT2D eigenvalue weighted by atomic mass is 10.0. The molecule has 0 atom stereocenters. The first-order chi connectivity index (χ1) is 20.3. The van der Waals surface area contributed by atoms with E-state index in [-0.39, 0.29) is 25.4 Å². The Labute approximate surface area is 244 Å². The third kappa shape index (κ3) is 7.49. The molecule has 222 valence electrons. The number of carbonyl (C=O) groups excluding carboxylic acids is 2. The first-order valence-corrected chi connectivity index (χ1v) is 13.5. The summed E-state index contributed by atoms with van der Waals surface area (Å²) in [7, 11) is 4.31. The molecule has 1 heterocycles. The molecule has 1 aliphatic rings. The Morgan fingerprint density at radius 1 is 0.929 bits per heavy atom. The molecule has 2 amide bonds. The molecular weight excluding hydrogens is 542 g/mol. The summed E-state index contributed by atoms with van der Waals surface area (Å²) in [5.74, 6) is -0.443. The molecule has 11 heteroatoms. The number of aliphatic carboxylic acids is 1. The topological polar surface area (TPSA) is 127 Å². The monoisotopic (exact) mass is 577 g/mol. The van der Waals surface area contributed by atoms with Gasteiger partial charge in [-0.3, -0.25) is 14.9 Å². The van der Waals surface area contributed by atoms with E-state index in [1.54, 1.807) is 18.2 Å². The second-order valence-corrected chi connectivity index (χ2v) is 9.59. The fourth-order valence-corrected chi connectivity index (χ4v) is 4.76. The van der Waals surface area contributed by atoms with Gasteiger partial charge in [0.25, 0.3) is 5.91 Å². The molecule has 0 unspecified atom stereocenters. The van der Waals surface area contributed by atoms with Crippen molar-refractivity contribution in [2.24, 2.45) is 0 Å². The minimum Gasteiger partial charge on any atom is -0.493 e. The number of rotatable bonds is 11. The summed E-state index contributed by atoms with van der Waals surface area (Å²) in [5.41, 5.74) is 4.36. The van der Waals surface area contributed by atoms with Gasteiger partial charge in [-0.15, -0.1) is 0 Å². The number of carboxylic acids is 1. The number of carbonyl (C=O) groups is 3. The number of ether oxygens (including phenoxy) is 4. The van der Waals surface area contributed by atoms with Crippen LogP contribution in [0.1, 0.15) is 22.3 Å². The lowest BCUT2D eigenvalue weighted by Gasteiger charge is -2.30. The molecule has 2 N–H and O–H groups in total. The van der Waals surface area contributed by atoms with Crippen molar-refractivity contribution in [2.75, 3.05) is 64.4 Å². The third-order valence-electron chi connectivity index (χ3n) is 6.92. The van der Waals surface area contributed by atoms with Crippen LogP contribution >= 0.6 is 0 Å². The van der Waals surface area contributed by atoms with Gasteiger partial charge < -0.3 is 33.9 Å². The Kier molecular flexibility index (Phi) is 10.2. The number of anilines is 2. The number of nitrogens with one attached hydrogen (secondary N) is 1. The quantitative estimate of drug-likeness (QED) is 0.339. The highest BCUT2D eigenvalue weighted by Gasteiger charge is 2.21. The van der Waals surface area contributed by atoms with Crippen LogP contribution in [-0.2, 0) is 20.8 Å². The van der Waals surface area contributed by atoms with Gasteiger partial charge in [0.15, 0.2) is 11.5 Å². The standard InChI is InChI=1S/C31H35N3O8/c1-39-27-10-8-24(19-28(27)40-2)30(37)34(12-11-29(35)36)20-21-5-4-6-22(17-21)23-7-9-26(33-13-15-42-16-14-33)25(18-23)32-31(38)41-3/h4-10,17-19H,11-16,20H2,1-3H3,(H,32,38)(H,35,36). The maximum absolute atomic E-state index is 13.5. The highest BCUT2D eigenvalue weighted by atomic mass is 16.5. The highest BCUT2D eigenvalue weighted by Crippen LogP contribution is 2.33. The number of amides is 2. The molecule has 1 saturated heterocycles. The highest BCUT2D eigenvalue weighted by molar-refractivity contribution is 5.95. The van der Waals surface area contributed by atoms with Crippen molar-refractivity contribution in [3.05, 3.63) is 71.8 Å². The molecule has 0 spiro atoms. The van der Waals surface area contributed by atoms with E-state index in [0.29, 0.717) is 49.1 Å². The fraction of sp³-hybridized carbons (Fsp3) is 0.323. The van der Waals surface area contributed by atoms with Crippen LogP contribution in [0.2, 0.25) is 0 Å². The summed E-state index contributed by atoms with van der Waals surface area (Å²) in [6, 6.07) is 18.3. The number of hydrogen-bond acceptors (Lipinski definition) is 8. The van der Waals surface area contributed by atoms with Crippen LogP contribution in [0.15, 0.2) is 60.7 Å². The van der Waals surface area contributed by atoms with E-state index < -0.39 is 12.1 Å². The number of nitrogens with zero attached hydrogens (tertiary/aromatic N) is 2. The molecule has 1 fully saturated rings. The molecule has 1 aliphatic heterocycles. The van der Waals surface area contributed by atoms with Crippen LogP contribution in [0, 0.1) is 0 Å². The summed E-state index contributed by atoms with van der Waals surface area (Å²) < 4.78 is 20.9. The van der Waals surface area contributed by atoms with Crippen LogP contribution in [0.4, 0.5) is 16.2 Å². The van der Waals surface area contributed by atoms with E-state index in [9.17, 15) is 19.5 Å². The van der Waals surface area contributed by atoms with Crippen LogP contribution in [-0.4, -0.2) is 82.2 Å². The van der Waals surface area contributed by atoms with Crippen molar-refractivity contribution in [2.45, 2.75) is 13.0 Å². The Morgan fingerprint density at radius 3 is 2.36 bits per heavy atom. The van der Waals surface area contributed by atoms with E-state index in [1.807, 2.05) is 42.5 Å². The number of carboxylic acid groups (broad SMARTS) is 1. The van der Waals surface area contributed by atoms with Crippen LogP contribution in [0.5, 0.6) is 11.5 Å². The van der Waals surface area contributed by atoms with Crippen molar-refractivity contribution in [1.29, 1.82) is 0 Å². The summed E-state index contributed by atoms with van der Waals surface area (Å²) in [6.07, 6.45) is -0.775. The van der Waals surface area contributed by atoms with Gasteiger partial charge in [0.05, 0.1) is 52.3 Å². The summed E-state index contributed by atoms with van der Waals surface area (Å²) in [5, 5.41) is 12.1. The maximum atomic E-state index is 13.5. The lowest BCUT2D eigenvalue weighted by molar-refractivity contribution is -0.137. The largest absolute Gasteiger partial charge is 0.493 e. The van der Waals surface area contributed by atoms with Gasteiger partial charge in [0, 0.05) is 31.7 Å². The Morgan fingerprint density at radius 2 is 1.67 bits per heavy atom. The smallest absolute Gasteiger partial charge is 0.411 e. The van der Waals surface area contributed by atoms with Gasteiger partial charge in [-0.1, -0.05) is 24.3 Å². The van der Waals surface area contributed by atoms with Crippen molar-refractivity contribution in [3.8, 4) is 22.6 Å². The first kappa shape index (κ1) is 30.2. The third-order valence-corrected chi connectivity index (χ3v) is 6.92. The van der Waals surface area contributed by atoms with Crippen LogP contribution in [0.3, 0.4) is 0 Å². The minimum atomic E-state index is -1.00. The minimum absolute atomic E-state index is 0.0220. The van der Waals surface area contributed by atoms with Crippen molar-refractivity contribution >= 4 is 29.3 Å². The van der Waals surface area contributed by atoms with Crippen molar-refractivity contribution in [3.63, 3.8) is 0 Å². The van der Waals surface area contributed by atoms with E-state index in [0.717, 1.165) is 22.4 Å². The molecule has 4 rings (SSSR count). The van der Waals surface area contributed by atoms with Gasteiger partial charge in [0.1, 0.15) is 0 Å². The second kappa shape index (κ2) is 14.2. The molecule has 0 aromatic heterocycles. The van der Waals surface area contributed by atoms with Crippen molar-refractivity contribution < 1.29 is 38.4 Å². The van der Waals surface area contributed by atoms with E-state index >= 15 is 0 Å². The summed E-state index contributed by atoms with van der Waals surface area (Å²) >= 11 is 0. The zero-order chi connectivity index (χ0) is 30.1. The summed E-state index contributed by atoms with van der Waals surface area (Å²) in [6.45, 7) is 2.81. The first-order valence-electron chi connectivity index (χ1n) is 13.5. The molecule has 11 nitrogen and oxygen atoms in total. The predicted octanol–water partition coefficient (Wildman–Crippen LogP) is 4.50. The van der Waals surface area contributed by atoms with E-state index in [4.69, 9.17) is 18.9 Å². The molecule has 3 aromatic carbocycles. The molecule has 42 heavy (non-hydrogen) atoms. The SMILES string of the molecule is COC(=O)Nc1cc(-c2cccc(CN(CCC(=O)O)C(=O)c3ccc(OC)c(OC)c3)c2)ccc1N1CCOCC1. The zero-order valence-electron chi connectivity index (χ0n) is 23.9. The Balaban J connectivity index is 1.62. The van der Waals surface area contributed by atoms with Gasteiger partial charge in [0.2, 0.25) is 0 Å². The molecule has 0 saturated carbocycles. The van der Waals surface area contributed by atoms with Gasteiger partial charge in [-0.25, -0.2) is 4.79 Å². The number of hydrogen-bond donors (Lipinski definition) is 2. The number of benzene rings is 3. The summed E-state index contributed by atoms with van der Waals surface area (Å²) in [4.78, 5) is 40.7. The Hall–Kier alpha value is -4.77. The normalized spacial score (nSPS) is 12.8. The lowest BCUT2D eigenvalue weighted by Crippen LogP contribution is -2.36. The molecular formula is C31H35N3O8. The van der Waals surface area contributed by atoms with Gasteiger partial charge >= 0.3 is 12.1 Å².